The Balaban J connectivity index is 1.58. The van der Waals surface area contributed by atoms with Gasteiger partial charge in [0.1, 0.15) is 22.3 Å². The van der Waals surface area contributed by atoms with Crippen LogP contribution in [0.2, 0.25) is 0 Å². The fourth-order valence-electron chi connectivity index (χ4n) is 3.21. The van der Waals surface area contributed by atoms with Crippen LogP contribution < -0.4 is 24.2 Å². The number of ether oxygens (including phenoxy) is 3. The van der Waals surface area contributed by atoms with E-state index in [4.69, 9.17) is 14.2 Å². The van der Waals surface area contributed by atoms with Crippen molar-refractivity contribution in [1.82, 2.24) is 0 Å². The highest BCUT2D eigenvalue weighted by Gasteiger charge is 2.22. The Morgan fingerprint density at radius 1 is 1.06 bits per heavy atom. The number of carbonyl (C=O) groups excluding carboxylic acids is 1. The molecule has 0 bridgehead atoms. The predicted octanol–water partition coefficient (Wildman–Crippen LogP) is 4.53. The van der Waals surface area contributed by atoms with Crippen LogP contribution in [0.1, 0.15) is 5.56 Å². The molecule has 11 heteroatoms. The summed E-state index contributed by atoms with van der Waals surface area (Å²) >= 11 is 3.30. The summed E-state index contributed by atoms with van der Waals surface area (Å²) in [4.78, 5) is 12.6. The summed E-state index contributed by atoms with van der Waals surface area (Å²) in [6.07, 6.45) is 1.40. The second-order valence-electron chi connectivity index (χ2n) is 7.21. The Morgan fingerprint density at radius 2 is 1.77 bits per heavy atom. The molecular weight excluding hydrogens is 538 g/mol. The van der Waals surface area contributed by atoms with E-state index >= 15 is 0 Å². The second kappa shape index (κ2) is 10.1. The number of nitriles is 1. The molecule has 0 aliphatic carbocycles. The van der Waals surface area contributed by atoms with Crippen LogP contribution in [0.3, 0.4) is 0 Å². The van der Waals surface area contributed by atoms with E-state index in [1.54, 1.807) is 42.5 Å². The van der Waals surface area contributed by atoms with Crippen LogP contribution in [-0.2, 0) is 14.8 Å². The fourth-order valence-corrected chi connectivity index (χ4v) is 4.73. The second-order valence-corrected chi connectivity index (χ2v) is 9.78. The summed E-state index contributed by atoms with van der Waals surface area (Å²) in [7, 11) is -2.71. The van der Waals surface area contributed by atoms with Crippen molar-refractivity contribution < 1.29 is 27.4 Å². The minimum absolute atomic E-state index is 0.0871. The van der Waals surface area contributed by atoms with Crippen LogP contribution in [0.5, 0.6) is 17.2 Å². The van der Waals surface area contributed by atoms with Gasteiger partial charge in [0.2, 0.25) is 6.79 Å². The molecule has 0 spiro atoms. The molecule has 3 aromatic carbocycles. The van der Waals surface area contributed by atoms with Gasteiger partial charge in [-0.1, -0.05) is 22.0 Å². The first-order chi connectivity index (χ1) is 16.8. The zero-order valence-corrected chi connectivity index (χ0v) is 20.6. The molecular formula is C24H18BrN3O6S. The van der Waals surface area contributed by atoms with E-state index in [1.807, 2.05) is 6.07 Å². The van der Waals surface area contributed by atoms with Gasteiger partial charge in [-0.3, -0.25) is 9.52 Å². The quantitative estimate of drug-likeness (QED) is 0.323. The van der Waals surface area contributed by atoms with Gasteiger partial charge in [-0.25, -0.2) is 8.42 Å². The summed E-state index contributed by atoms with van der Waals surface area (Å²) in [6.45, 7) is 0.105. The first kappa shape index (κ1) is 24.1. The molecule has 0 saturated carbocycles. The lowest BCUT2D eigenvalue weighted by Gasteiger charge is -2.14. The summed E-state index contributed by atoms with van der Waals surface area (Å²) in [6, 6.07) is 17.6. The van der Waals surface area contributed by atoms with Crippen LogP contribution in [0.4, 0.5) is 11.4 Å². The Kier molecular flexibility index (Phi) is 6.95. The van der Waals surface area contributed by atoms with Crippen molar-refractivity contribution in [1.29, 1.82) is 5.26 Å². The zero-order chi connectivity index (χ0) is 25.0. The average Bonchev–Trinajstić information content (AvgIpc) is 3.31. The molecule has 1 amide bonds. The van der Waals surface area contributed by atoms with Crippen LogP contribution in [-0.4, -0.2) is 28.2 Å². The number of nitrogens with zero attached hydrogens (tertiary/aromatic N) is 1. The first-order valence-electron chi connectivity index (χ1n) is 10.1. The van der Waals surface area contributed by atoms with Crippen LogP contribution in [0.25, 0.3) is 6.08 Å². The molecule has 2 N–H and O–H groups in total. The molecule has 0 aromatic heterocycles. The van der Waals surface area contributed by atoms with E-state index in [9.17, 15) is 18.5 Å². The highest BCUT2D eigenvalue weighted by atomic mass is 79.9. The van der Waals surface area contributed by atoms with Crippen molar-refractivity contribution in [2.45, 2.75) is 4.90 Å². The normalized spacial score (nSPS) is 12.5. The highest BCUT2D eigenvalue weighted by molar-refractivity contribution is 9.10. The minimum atomic E-state index is -4.05. The SMILES string of the molecule is COc1ccc(NC(=O)C(C#N)=Cc2ccc3c(c2)OCO3)cc1S(=O)(=O)Nc1ccc(Br)cc1. The minimum Gasteiger partial charge on any atom is -0.495 e. The fraction of sp³-hybridized carbons (Fsp3) is 0.0833. The lowest BCUT2D eigenvalue weighted by Crippen LogP contribution is -2.16. The van der Waals surface area contributed by atoms with Gasteiger partial charge in [0.25, 0.3) is 15.9 Å². The van der Waals surface area contributed by atoms with E-state index in [1.165, 1.54) is 31.4 Å². The maximum Gasteiger partial charge on any atom is 0.266 e. The van der Waals surface area contributed by atoms with Gasteiger partial charge in [-0.2, -0.15) is 5.26 Å². The number of halogens is 1. The van der Waals surface area contributed by atoms with E-state index in [2.05, 4.69) is 26.0 Å². The molecule has 35 heavy (non-hydrogen) atoms. The molecule has 0 fully saturated rings. The smallest absolute Gasteiger partial charge is 0.266 e. The largest absolute Gasteiger partial charge is 0.495 e. The molecule has 0 unspecified atom stereocenters. The van der Waals surface area contributed by atoms with Gasteiger partial charge >= 0.3 is 0 Å². The highest BCUT2D eigenvalue weighted by Crippen LogP contribution is 2.33. The van der Waals surface area contributed by atoms with Crippen molar-refractivity contribution in [3.05, 3.63) is 76.3 Å². The lowest BCUT2D eigenvalue weighted by atomic mass is 10.1. The van der Waals surface area contributed by atoms with Gasteiger partial charge in [0.05, 0.1) is 7.11 Å². The van der Waals surface area contributed by atoms with Crippen molar-refractivity contribution in [2.75, 3.05) is 23.9 Å². The van der Waals surface area contributed by atoms with Crippen molar-refractivity contribution in [2.24, 2.45) is 0 Å². The van der Waals surface area contributed by atoms with Crippen molar-refractivity contribution in [3.8, 4) is 23.3 Å². The monoisotopic (exact) mass is 555 g/mol. The summed E-state index contributed by atoms with van der Waals surface area (Å²) in [5, 5.41) is 12.1. The number of methoxy groups -OCH3 is 1. The molecule has 4 rings (SSSR count). The molecule has 3 aromatic rings. The molecule has 0 radical (unpaired) electrons. The topological polar surface area (TPSA) is 127 Å². The lowest BCUT2D eigenvalue weighted by molar-refractivity contribution is -0.112. The number of rotatable bonds is 7. The van der Waals surface area contributed by atoms with Crippen molar-refractivity contribution >= 4 is 49.3 Å². The Morgan fingerprint density at radius 3 is 2.49 bits per heavy atom. The Hall–Kier alpha value is -4.01. The summed E-state index contributed by atoms with van der Waals surface area (Å²) in [5.74, 6) is 0.470. The number of amides is 1. The molecule has 178 valence electrons. The third-order valence-corrected chi connectivity index (χ3v) is 6.81. The van der Waals surface area contributed by atoms with Crippen LogP contribution in [0.15, 0.2) is 75.6 Å². The number of anilines is 2. The van der Waals surface area contributed by atoms with Crippen LogP contribution >= 0.6 is 15.9 Å². The molecule has 0 saturated heterocycles. The van der Waals surface area contributed by atoms with E-state index in [0.717, 1.165) is 4.47 Å². The molecule has 0 atom stereocenters. The van der Waals surface area contributed by atoms with Gasteiger partial charge in [-0.15, -0.1) is 0 Å². The van der Waals surface area contributed by atoms with Crippen LogP contribution in [0, 0.1) is 11.3 Å². The molecule has 1 aliphatic heterocycles. The molecule has 9 nitrogen and oxygen atoms in total. The number of hydrogen-bond acceptors (Lipinski definition) is 7. The van der Waals surface area contributed by atoms with Gasteiger partial charge in [0, 0.05) is 15.8 Å². The van der Waals surface area contributed by atoms with Gasteiger partial charge in [-0.05, 0) is 66.2 Å². The third kappa shape index (κ3) is 5.56. The zero-order valence-electron chi connectivity index (χ0n) is 18.2. The average molecular weight is 556 g/mol. The summed E-state index contributed by atoms with van der Waals surface area (Å²) < 4.78 is 45.1. The maximum atomic E-state index is 13.0. The van der Waals surface area contributed by atoms with E-state index in [-0.39, 0.29) is 28.7 Å². The third-order valence-electron chi connectivity index (χ3n) is 4.88. The number of hydrogen-bond donors (Lipinski definition) is 2. The first-order valence-corrected chi connectivity index (χ1v) is 12.4. The van der Waals surface area contributed by atoms with Gasteiger partial charge < -0.3 is 19.5 Å². The van der Waals surface area contributed by atoms with E-state index in [0.29, 0.717) is 22.7 Å². The van der Waals surface area contributed by atoms with Crippen molar-refractivity contribution in [3.63, 3.8) is 0 Å². The number of benzene rings is 3. The summed E-state index contributed by atoms with van der Waals surface area (Å²) in [5.41, 5.74) is 0.900. The standard InChI is InChI=1S/C24H18BrN3O6S/c1-32-21-9-7-19(12-23(21)35(30,31)28-18-5-3-17(25)4-6-18)27-24(29)16(13-26)10-15-2-8-20-22(11-15)34-14-33-20/h2-12,28H,14H2,1H3,(H,27,29). The maximum absolute atomic E-state index is 13.0. The molecule has 1 aliphatic rings. The molecule has 1 heterocycles. The number of nitrogens with one attached hydrogen (secondary N) is 2. The Bertz CT molecular complexity index is 1460. The number of fused-ring (bicyclic) bond motifs is 1. The number of carbonyl (C=O) groups is 1. The van der Waals surface area contributed by atoms with Gasteiger partial charge in [0.15, 0.2) is 11.5 Å². The van der Waals surface area contributed by atoms with E-state index < -0.39 is 15.9 Å². The predicted molar refractivity (Wildman–Crippen MR) is 133 cm³/mol. The number of sulfonamides is 1. The Labute approximate surface area is 210 Å².